The van der Waals surface area contributed by atoms with E-state index in [0.717, 1.165) is 23.1 Å². The summed E-state index contributed by atoms with van der Waals surface area (Å²) in [7, 11) is 0. The number of thiophene rings is 1. The normalized spacial score (nSPS) is 10.8. The molecule has 0 aromatic carbocycles. The highest BCUT2D eigenvalue weighted by Gasteiger charge is 2.10. The Hall–Kier alpha value is -1.40. The molecule has 0 unspecified atom stereocenters. The topological polar surface area (TPSA) is 66.9 Å². The first kappa shape index (κ1) is 16.0. The Bertz CT molecular complexity index is 629. The Kier molecular flexibility index (Phi) is 5.76. The average Bonchev–Trinajstić information content (AvgIpc) is 2.88. The van der Waals surface area contributed by atoms with Gasteiger partial charge < -0.3 is 10.6 Å². The van der Waals surface area contributed by atoms with Gasteiger partial charge in [0.15, 0.2) is 0 Å². The van der Waals surface area contributed by atoms with Gasteiger partial charge in [0.05, 0.1) is 5.39 Å². The molecule has 0 spiro atoms. The highest BCUT2D eigenvalue weighted by Crippen LogP contribution is 2.30. The third-order valence-corrected chi connectivity index (χ3v) is 4.32. The van der Waals surface area contributed by atoms with Crippen LogP contribution in [0.15, 0.2) is 6.07 Å². The van der Waals surface area contributed by atoms with Gasteiger partial charge >= 0.3 is 0 Å². The summed E-state index contributed by atoms with van der Waals surface area (Å²) in [6.45, 7) is 5.37. The van der Waals surface area contributed by atoms with Gasteiger partial charge in [-0.1, -0.05) is 13.8 Å². The van der Waals surface area contributed by atoms with E-state index in [1.807, 2.05) is 6.92 Å². The van der Waals surface area contributed by atoms with Crippen LogP contribution in [-0.2, 0) is 11.2 Å². The third-order valence-electron chi connectivity index (χ3n) is 2.98. The van der Waals surface area contributed by atoms with Crippen LogP contribution in [-0.4, -0.2) is 29.0 Å². The van der Waals surface area contributed by atoms with Gasteiger partial charge in [-0.3, -0.25) is 4.79 Å². The second-order valence-electron chi connectivity index (χ2n) is 4.65. The molecule has 0 fully saturated rings. The van der Waals surface area contributed by atoms with Crippen LogP contribution in [0.1, 0.15) is 31.6 Å². The third kappa shape index (κ3) is 4.28. The van der Waals surface area contributed by atoms with Gasteiger partial charge in [0.25, 0.3) is 0 Å². The molecule has 0 atom stereocenters. The van der Waals surface area contributed by atoms with Gasteiger partial charge in [-0.2, -0.15) is 0 Å². The molecule has 2 N–H and O–H groups in total. The van der Waals surface area contributed by atoms with Crippen LogP contribution in [0.5, 0.6) is 0 Å². The summed E-state index contributed by atoms with van der Waals surface area (Å²) in [5.41, 5.74) is 0. The molecule has 0 saturated heterocycles. The molecule has 2 aromatic heterocycles. The van der Waals surface area contributed by atoms with Crippen molar-refractivity contribution in [2.24, 2.45) is 0 Å². The molecular formula is C14H19ClN4OS. The monoisotopic (exact) mass is 326 g/mol. The van der Waals surface area contributed by atoms with Gasteiger partial charge in [0, 0.05) is 24.4 Å². The number of hydrogen-bond acceptors (Lipinski definition) is 5. The fraction of sp³-hybridized carbons (Fsp3) is 0.500. The van der Waals surface area contributed by atoms with Gasteiger partial charge in [0.1, 0.15) is 10.6 Å². The quantitative estimate of drug-likeness (QED) is 0.767. The first-order valence-electron chi connectivity index (χ1n) is 7.10. The number of nitrogens with one attached hydrogen (secondary N) is 2. The Morgan fingerprint density at radius 2 is 2.14 bits per heavy atom. The minimum absolute atomic E-state index is 0.0420. The lowest BCUT2D eigenvalue weighted by Gasteiger charge is -2.07. The van der Waals surface area contributed by atoms with E-state index in [1.54, 1.807) is 11.3 Å². The van der Waals surface area contributed by atoms with E-state index in [4.69, 9.17) is 11.6 Å². The number of aromatic nitrogens is 2. The summed E-state index contributed by atoms with van der Waals surface area (Å²) < 4.78 is 0. The second kappa shape index (κ2) is 7.56. The van der Waals surface area contributed by atoms with E-state index in [9.17, 15) is 4.79 Å². The Morgan fingerprint density at radius 3 is 2.86 bits per heavy atom. The largest absolute Gasteiger partial charge is 0.369 e. The number of fused-ring (bicyclic) bond motifs is 1. The van der Waals surface area contributed by atoms with Crippen molar-refractivity contribution in [1.82, 2.24) is 15.3 Å². The van der Waals surface area contributed by atoms with Gasteiger partial charge in [-0.25, -0.2) is 9.97 Å². The summed E-state index contributed by atoms with van der Waals surface area (Å²) in [5.74, 6) is 0.740. The molecule has 2 heterocycles. The molecular weight excluding hydrogens is 308 g/mol. The molecule has 5 nitrogen and oxygen atoms in total. The molecule has 7 heteroatoms. The molecule has 0 bridgehead atoms. The molecule has 0 aliphatic carbocycles. The van der Waals surface area contributed by atoms with Crippen molar-refractivity contribution in [2.45, 2.75) is 33.1 Å². The smallest absolute Gasteiger partial charge is 0.225 e. The molecule has 2 rings (SSSR count). The molecule has 2 aromatic rings. The summed E-state index contributed by atoms with van der Waals surface area (Å²) in [6, 6.07) is 2.08. The van der Waals surface area contributed by atoms with Gasteiger partial charge in [-0.15, -0.1) is 11.3 Å². The van der Waals surface area contributed by atoms with Crippen LogP contribution in [0.2, 0.25) is 5.28 Å². The van der Waals surface area contributed by atoms with Crippen molar-refractivity contribution in [3.8, 4) is 0 Å². The summed E-state index contributed by atoms with van der Waals surface area (Å²) >= 11 is 7.57. The number of rotatable bonds is 7. The number of carbonyl (C=O) groups excluding carboxylic acids is 1. The number of aryl methyl sites for hydroxylation is 1. The predicted octanol–water partition coefficient (Wildman–Crippen LogP) is 3.24. The Balaban J connectivity index is 2.04. The van der Waals surface area contributed by atoms with Crippen LogP contribution >= 0.6 is 22.9 Å². The van der Waals surface area contributed by atoms with E-state index in [0.29, 0.717) is 25.3 Å². The highest BCUT2D eigenvalue weighted by molar-refractivity contribution is 7.18. The lowest BCUT2D eigenvalue weighted by Crippen LogP contribution is -2.26. The number of halogens is 1. The van der Waals surface area contributed by atoms with Crippen LogP contribution < -0.4 is 10.6 Å². The number of amides is 1. The molecule has 0 aliphatic heterocycles. The zero-order valence-electron chi connectivity index (χ0n) is 12.2. The van der Waals surface area contributed by atoms with E-state index in [1.165, 1.54) is 4.88 Å². The SMILES string of the molecule is CCCNC(=O)CCNc1nc(Cl)nc2sc(CC)cc12. The minimum atomic E-state index is 0.0420. The second-order valence-corrected chi connectivity index (χ2v) is 6.11. The maximum atomic E-state index is 11.6. The van der Waals surface area contributed by atoms with Crippen molar-refractivity contribution in [1.29, 1.82) is 0 Å². The standard InChI is InChI=1S/C14H19ClN4OS/c1-3-6-16-11(20)5-7-17-12-10-8-9(4-2)21-13(10)19-14(15)18-12/h8H,3-7H2,1-2H3,(H,16,20)(H,17,18,19). The molecule has 114 valence electrons. The molecule has 1 amide bonds. The molecule has 0 aliphatic rings. The first-order chi connectivity index (χ1) is 10.1. The van der Waals surface area contributed by atoms with Gasteiger partial charge in [0.2, 0.25) is 11.2 Å². The van der Waals surface area contributed by atoms with Crippen molar-refractivity contribution in [3.05, 3.63) is 16.2 Å². The highest BCUT2D eigenvalue weighted by atomic mass is 35.5. The van der Waals surface area contributed by atoms with Crippen LogP contribution in [0, 0.1) is 0 Å². The Morgan fingerprint density at radius 1 is 1.33 bits per heavy atom. The first-order valence-corrected chi connectivity index (χ1v) is 8.30. The lowest BCUT2D eigenvalue weighted by atomic mass is 10.3. The number of anilines is 1. The summed E-state index contributed by atoms with van der Waals surface area (Å²) in [6.07, 6.45) is 2.31. The predicted molar refractivity (Wildman–Crippen MR) is 88.2 cm³/mol. The molecule has 21 heavy (non-hydrogen) atoms. The zero-order chi connectivity index (χ0) is 15.2. The van der Waals surface area contributed by atoms with Crippen molar-refractivity contribution in [3.63, 3.8) is 0 Å². The molecule has 0 radical (unpaired) electrons. The summed E-state index contributed by atoms with van der Waals surface area (Å²) in [5, 5.41) is 7.22. The van der Waals surface area contributed by atoms with Crippen molar-refractivity contribution in [2.75, 3.05) is 18.4 Å². The minimum Gasteiger partial charge on any atom is -0.369 e. The maximum absolute atomic E-state index is 11.6. The zero-order valence-corrected chi connectivity index (χ0v) is 13.8. The van der Waals surface area contributed by atoms with E-state index in [2.05, 4.69) is 33.6 Å². The lowest BCUT2D eigenvalue weighted by molar-refractivity contribution is -0.120. The average molecular weight is 327 g/mol. The fourth-order valence-electron chi connectivity index (χ4n) is 1.90. The Labute approximate surface area is 133 Å². The maximum Gasteiger partial charge on any atom is 0.225 e. The summed E-state index contributed by atoms with van der Waals surface area (Å²) in [4.78, 5) is 22.2. The molecule has 0 saturated carbocycles. The van der Waals surface area contributed by atoms with E-state index >= 15 is 0 Å². The number of carbonyl (C=O) groups is 1. The number of hydrogen-bond donors (Lipinski definition) is 2. The fourth-order valence-corrected chi connectivity index (χ4v) is 3.09. The van der Waals surface area contributed by atoms with Gasteiger partial charge in [-0.05, 0) is 30.5 Å². The van der Waals surface area contributed by atoms with E-state index in [-0.39, 0.29) is 11.2 Å². The van der Waals surface area contributed by atoms with E-state index < -0.39 is 0 Å². The van der Waals surface area contributed by atoms with Crippen LogP contribution in [0.25, 0.3) is 10.2 Å². The van der Waals surface area contributed by atoms with Crippen LogP contribution in [0.3, 0.4) is 0 Å². The van der Waals surface area contributed by atoms with Crippen LogP contribution in [0.4, 0.5) is 5.82 Å². The van der Waals surface area contributed by atoms with Crippen molar-refractivity contribution < 1.29 is 4.79 Å². The number of nitrogens with zero attached hydrogens (tertiary/aromatic N) is 2. The van der Waals surface area contributed by atoms with Crippen molar-refractivity contribution >= 4 is 44.9 Å².